The fourth-order valence-corrected chi connectivity index (χ4v) is 3.99. The molecule has 4 rings (SSSR count). The maximum Gasteiger partial charge on any atom is 0.290 e. The van der Waals surface area contributed by atoms with E-state index in [4.69, 9.17) is 4.42 Å². The van der Waals surface area contributed by atoms with Gasteiger partial charge in [-0.2, -0.15) is 0 Å². The maximum absolute atomic E-state index is 11.7. The number of benzene rings is 1. The van der Waals surface area contributed by atoms with Gasteiger partial charge in [0.15, 0.2) is 0 Å². The van der Waals surface area contributed by atoms with Gasteiger partial charge in [0.05, 0.1) is 11.2 Å². The molecule has 10 heteroatoms. The maximum atomic E-state index is 11.7. The van der Waals surface area contributed by atoms with Crippen LogP contribution in [-0.4, -0.2) is 30.8 Å². The molecule has 0 saturated carbocycles. The van der Waals surface area contributed by atoms with E-state index in [2.05, 4.69) is 15.0 Å². The molecule has 1 saturated heterocycles. The van der Waals surface area contributed by atoms with E-state index in [1.807, 2.05) is 6.07 Å². The predicted octanol–water partition coefficient (Wildman–Crippen LogP) is 3.19. The molecule has 0 radical (unpaired) electrons. The Morgan fingerprint density at radius 3 is 2.75 bits per heavy atom. The minimum atomic E-state index is -3.40. The van der Waals surface area contributed by atoms with Crippen LogP contribution < -0.4 is 10.0 Å². The summed E-state index contributed by atoms with van der Waals surface area (Å²) in [6.45, 7) is 0. The average molecular weight is 415 g/mol. The number of carbonyl (C=O) groups is 2. The first-order chi connectivity index (χ1) is 13.3. The summed E-state index contributed by atoms with van der Waals surface area (Å²) in [5.74, 6) is -0.0598. The minimum Gasteiger partial charge on any atom is -0.456 e. The number of fused-ring (bicyclic) bond motifs is 1. The Bertz CT molecular complexity index is 1260. The molecule has 3 aromatic rings. The number of hydrogen-bond acceptors (Lipinski definition) is 7. The lowest BCUT2D eigenvalue weighted by Crippen LogP contribution is -2.17. The number of anilines is 1. The standard InChI is InChI=1S/C18H13N3O5S2/c1-28(24,25)21-12-4-2-3-10(5-12)14-9-19-8-11-6-13(26-16(11)14)7-15-17(22)20-18(23)27-15/h2-9,21H,1H3,(H,20,22,23). The molecular weight excluding hydrogens is 402 g/mol. The summed E-state index contributed by atoms with van der Waals surface area (Å²) < 4.78 is 31.3. The third-order valence-corrected chi connectivity index (χ3v) is 5.25. The van der Waals surface area contributed by atoms with Crippen molar-refractivity contribution >= 4 is 55.7 Å². The molecule has 2 aromatic heterocycles. The summed E-state index contributed by atoms with van der Waals surface area (Å²) >= 11 is 0.807. The highest BCUT2D eigenvalue weighted by Gasteiger charge is 2.25. The van der Waals surface area contributed by atoms with Gasteiger partial charge in [-0.05, 0) is 35.5 Å². The van der Waals surface area contributed by atoms with E-state index in [0.29, 0.717) is 33.5 Å². The quantitative estimate of drug-likeness (QED) is 0.628. The van der Waals surface area contributed by atoms with Gasteiger partial charge in [-0.25, -0.2) is 8.42 Å². The highest BCUT2D eigenvalue weighted by atomic mass is 32.2. The number of furan rings is 1. The summed E-state index contributed by atoms with van der Waals surface area (Å²) in [5, 5.41) is 2.47. The minimum absolute atomic E-state index is 0.248. The van der Waals surface area contributed by atoms with Crippen LogP contribution in [0, 0.1) is 0 Å². The van der Waals surface area contributed by atoms with Crippen molar-refractivity contribution in [2.24, 2.45) is 0 Å². The Morgan fingerprint density at radius 2 is 2.04 bits per heavy atom. The van der Waals surface area contributed by atoms with Gasteiger partial charge in [0.2, 0.25) is 10.0 Å². The highest BCUT2D eigenvalue weighted by molar-refractivity contribution is 8.18. The van der Waals surface area contributed by atoms with Gasteiger partial charge >= 0.3 is 0 Å². The Labute approximate surface area is 164 Å². The number of rotatable bonds is 4. The molecule has 1 aromatic carbocycles. The normalized spacial score (nSPS) is 16.0. The first-order valence-electron chi connectivity index (χ1n) is 7.99. The van der Waals surface area contributed by atoms with Crippen molar-refractivity contribution in [2.75, 3.05) is 11.0 Å². The molecule has 8 nitrogen and oxygen atoms in total. The lowest BCUT2D eigenvalue weighted by atomic mass is 10.1. The second kappa shape index (κ2) is 6.80. The Morgan fingerprint density at radius 1 is 1.21 bits per heavy atom. The van der Waals surface area contributed by atoms with Crippen molar-refractivity contribution in [3.05, 3.63) is 53.4 Å². The molecule has 28 heavy (non-hydrogen) atoms. The van der Waals surface area contributed by atoms with Crippen molar-refractivity contribution in [3.63, 3.8) is 0 Å². The summed E-state index contributed by atoms with van der Waals surface area (Å²) in [5.41, 5.74) is 2.33. The molecule has 0 spiro atoms. The number of thioether (sulfide) groups is 1. The molecule has 0 aliphatic carbocycles. The van der Waals surface area contributed by atoms with Crippen LogP contribution in [0.5, 0.6) is 0 Å². The molecule has 142 valence electrons. The highest BCUT2D eigenvalue weighted by Crippen LogP contribution is 2.33. The molecule has 1 fully saturated rings. The van der Waals surface area contributed by atoms with Crippen LogP contribution in [0.1, 0.15) is 5.76 Å². The van der Waals surface area contributed by atoms with Crippen molar-refractivity contribution in [1.29, 1.82) is 0 Å². The van der Waals surface area contributed by atoms with Gasteiger partial charge in [-0.3, -0.25) is 24.6 Å². The molecule has 0 unspecified atom stereocenters. The van der Waals surface area contributed by atoms with Gasteiger partial charge in [0.1, 0.15) is 11.3 Å². The number of imide groups is 1. The average Bonchev–Trinajstić information content (AvgIpc) is 3.15. The van der Waals surface area contributed by atoms with Crippen LogP contribution in [0.25, 0.3) is 28.2 Å². The molecule has 0 bridgehead atoms. The van der Waals surface area contributed by atoms with Crippen LogP contribution in [0.3, 0.4) is 0 Å². The van der Waals surface area contributed by atoms with Crippen LogP contribution in [0.15, 0.2) is 52.0 Å². The summed E-state index contributed by atoms with van der Waals surface area (Å²) in [7, 11) is -3.40. The van der Waals surface area contributed by atoms with Crippen LogP contribution in [0.4, 0.5) is 10.5 Å². The van der Waals surface area contributed by atoms with Crippen LogP contribution in [0.2, 0.25) is 0 Å². The number of pyridine rings is 1. The van der Waals surface area contributed by atoms with Crippen LogP contribution in [-0.2, 0) is 14.8 Å². The van der Waals surface area contributed by atoms with E-state index in [1.54, 1.807) is 36.7 Å². The topological polar surface area (TPSA) is 118 Å². The van der Waals surface area contributed by atoms with Crippen molar-refractivity contribution in [2.45, 2.75) is 0 Å². The number of hydrogen-bond donors (Lipinski definition) is 2. The second-order valence-electron chi connectivity index (χ2n) is 6.06. The van der Waals surface area contributed by atoms with E-state index in [0.717, 1.165) is 18.0 Å². The second-order valence-corrected chi connectivity index (χ2v) is 8.82. The number of amides is 2. The van der Waals surface area contributed by atoms with Crippen molar-refractivity contribution < 1.29 is 22.4 Å². The third kappa shape index (κ3) is 3.78. The number of aromatic nitrogens is 1. The van der Waals surface area contributed by atoms with Gasteiger partial charge < -0.3 is 4.42 Å². The molecule has 1 aliphatic rings. The van der Waals surface area contributed by atoms with E-state index in [-0.39, 0.29) is 4.91 Å². The zero-order valence-corrected chi connectivity index (χ0v) is 16.1. The Balaban J connectivity index is 1.76. The van der Waals surface area contributed by atoms with E-state index in [1.165, 1.54) is 6.08 Å². The van der Waals surface area contributed by atoms with Gasteiger partial charge in [0, 0.05) is 35.1 Å². The van der Waals surface area contributed by atoms with E-state index < -0.39 is 21.2 Å². The first kappa shape index (κ1) is 18.3. The van der Waals surface area contributed by atoms with Crippen LogP contribution >= 0.6 is 11.8 Å². The van der Waals surface area contributed by atoms with Gasteiger partial charge in [-0.1, -0.05) is 12.1 Å². The van der Waals surface area contributed by atoms with E-state index in [9.17, 15) is 18.0 Å². The summed E-state index contributed by atoms with van der Waals surface area (Å²) in [6, 6.07) is 8.57. The third-order valence-electron chi connectivity index (χ3n) is 3.83. The molecule has 1 aliphatic heterocycles. The zero-order chi connectivity index (χ0) is 19.9. The van der Waals surface area contributed by atoms with Gasteiger partial charge in [0.25, 0.3) is 11.1 Å². The van der Waals surface area contributed by atoms with E-state index >= 15 is 0 Å². The van der Waals surface area contributed by atoms with Gasteiger partial charge in [-0.15, -0.1) is 0 Å². The molecule has 2 N–H and O–H groups in total. The first-order valence-corrected chi connectivity index (χ1v) is 10.7. The SMILES string of the molecule is CS(=O)(=O)Nc1cccc(-c2cncc3cc(C=C4SC(=O)NC4=O)oc23)c1. The Kier molecular flexibility index (Phi) is 4.44. The molecule has 3 heterocycles. The predicted molar refractivity (Wildman–Crippen MR) is 107 cm³/mol. The number of nitrogens with one attached hydrogen (secondary N) is 2. The molecule has 0 atom stereocenters. The smallest absolute Gasteiger partial charge is 0.290 e. The fraction of sp³-hybridized carbons (Fsp3) is 0.0556. The van der Waals surface area contributed by atoms with Crippen molar-refractivity contribution in [1.82, 2.24) is 10.3 Å². The lowest BCUT2D eigenvalue weighted by Gasteiger charge is -2.07. The molecule has 2 amide bonds. The largest absolute Gasteiger partial charge is 0.456 e. The summed E-state index contributed by atoms with van der Waals surface area (Å²) in [4.78, 5) is 27.5. The monoisotopic (exact) mass is 415 g/mol. The molecular formula is C18H13N3O5S2. The fourth-order valence-electron chi connectivity index (χ4n) is 2.77. The zero-order valence-electron chi connectivity index (χ0n) is 14.4. The number of nitrogens with zero attached hydrogens (tertiary/aromatic N) is 1. The number of carbonyl (C=O) groups excluding carboxylic acids is 2. The Hall–Kier alpha value is -3.11. The summed E-state index contributed by atoms with van der Waals surface area (Å²) in [6.07, 6.45) is 5.81. The lowest BCUT2D eigenvalue weighted by molar-refractivity contribution is -0.115. The van der Waals surface area contributed by atoms with Crippen molar-refractivity contribution in [3.8, 4) is 11.1 Å². The number of sulfonamides is 1.